The van der Waals surface area contributed by atoms with Gasteiger partial charge in [0.1, 0.15) is 0 Å². The Balaban J connectivity index is 1.45. The van der Waals surface area contributed by atoms with E-state index in [9.17, 15) is 8.42 Å². The van der Waals surface area contributed by atoms with Crippen LogP contribution in [0.1, 0.15) is 39.7 Å². The number of nitrogens with zero attached hydrogens (tertiary/aromatic N) is 1. The van der Waals surface area contributed by atoms with E-state index in [0.717, 1.165) is 5.56 Å². The SMILES string of the molecule is Cc1ccc(S(=O)(=O)N2CC3=C(C2)C2c4ccccc4C3c3ccccc32)cc1. The van der Waals surface area contributed by atoms with Crippen molar-refractivity contribution in [3.8, 4) is 0 Å². The second-order valence-corrected chi connectivity index (χ2v) is 10.2. The molecular weight excluding hydrogens is 378 g/mol. The predicted molar refractivity (Wildman–Crippen MR) is 114 cm³/mol. The van der Waals surface area contributed by atoms with Crippen LogP contribution in [0.25, 0.3) is 0 Å². The zero-order chi connectivity index (χ0) is 19.8. The van der Waals surface area contributed by atoms with Crippen LogP contribution in [0.2, 0.25) is 0 Å². The summed E-state index contributed by atoms with van der Waals surface area (Å²) >= 11 is 0. The molecule has 1 aliphatic heterocycles. The highest BCUT2D eigenvalue weighted by Crippen LogP contribution is 2.57. The van der Waals surface area contributed by atoms with E-state index < -0.39 is 10.0 Å². The van der Waals surface area contributed by atoms with Gasteiger partial charge in [-0.1, -0.05) is 66.2 Å². The standard InChI is InChI=1S/C25H21NO2S/c1-16-10-12-17(13-11-16)29(27,28)26-14-22-23(15-26)25-19-7-3-2-6-18(19)24(22)20-8-4-5-9-21(20)25/h2-13,24-25H,14-15H2,1H3. The molecule has 3 nitrogen and oxygen atoms in total. The van der Waals surface area contributed by atoms with Gasteiger partial charge in [0.2, 0.25) is 10.0 Å². The van der Waals surface area contributed by atoms with Crippen LogP contribution in [-0.2, 0) is 10.0 Å². The molecule has 0 atom stereocenters. The van der Waals surface area contributed by atoms with Crippen molar-refractivity contribution in [3.05, 3.63) is 112 Å². The first-order chi connectivity index (χ1) is 14.1. The van der Waals surface area contributed by atoms with E-state index in [1.54, 1.807) is 16.4 Å². The van der Waals surface area contributed by atoms with Gasteiger partial charge in [0.25, 0.3) is 0 Å². The third-order valence-corrected chi connectivity index (χ3v) is 8.50. The highest BCUT2D eigenvalue weighted by Gasteiger charge is 2.47. The van der Waals surface area contributed by atoms with Crippen molar-refractivity contribution in [3.63, 3.8) is 0 Å². The first-order valence-corrected chi connectivity index (χ1v) is 11.5. The summed E-state index contributed by atoms with van der Waals surface area (Å²) in [6.45, 7) is 2.93. The van der Waals surface area contributed by atoms with Gasteiger partial charge in [0, 0.05) is 24.9 Å². The van der Waals surface area contributed by atoms with Crippen molar-refractivity contribution < 1.29 is 8.42 Å². The summed E-state index contributed by atoms with van der Waals surface area (Å²) in [5.74, 6) is 0.334. The molecule has 4 aliphatic rings. The molecule has 3 aromatic rings. The van der Waals surface area contributed by atoms with Crippen molar-refractivity contribution in [1.29, 1.82) is 0 Å². The van der Waals surface area contributed by atoms with Gasteiger partial charge in [-0.05, 0) is 52.5 Å². The average molecular weight is 400 g/mol. The Morgan fingerprint density at radius 1 is 0.690 bits per heavy atom. The molecule has 0 fully saturated rings. The lowest BCUT2D eigenvalue weighted by molar-refractivity contribution is 0.478. The molecule has 144 valence electrons. The van der Waals surface area contributed by atoms with Crippen molar-refractivity contribution in [2.75, 3.05) is 13.1 Å². The predicted octanol–water partition coefficient (Wildman–Crippen LogP) is 4.59. The van der Waals surface area contributed by atoms with Gasteiger partial charge in [-0.25, -0.2) is 8.42 Å². The Kier molecular flexibility index (Phi) is 3.50. The van der Waals surface area contributed by atoms with Crippen LogP contribution >= 0.6 is 0 Å². The number of rotatable bonds is 2. The summed E-state index contributed by atoms with van der Waals surface area (Å²) in [5.41, 5.74) is 8.97. The largest absolute Gasteiger partial charge is 0.243 e. The quantitative estimate of drug-likeness (QED) is 0.591. The van der Waals surface area contributed by atoms with Gasteiger partial charge in [-0.15, -0.1) is 0 Å². The lowest BCUT2D eigenvalue weighted by Crippen LogP contribution is -2.29. The molecule has 0 spiro atoms. The Hall–Kier alpha value is -2.69. The van der Waals surface area contributed by atoms with Crippen LogP contribution < -0.4 is 0 Å². The molecule has 0 amide bonds. The fourth-order valence-corrected chi connectivity index (χ4v) is 6.78. The van der Waals surface area contributed by atoms with Crippen molar-refractivity contribution >= 4 is 10.0 Å². The topological polar surface area (TPSA) is 37.4 Å². The third kappa shape index (κ3) is 2.30. The molecule has 0 aromatic heterocycles. The molecule has 29 heavy (non-hydrogen) atoms. The van der Waals surface area contributed by atoms with E-state index in [2.05, 4.69) is 48.5 Å². The van der Waals surface area contributed by atoms with E-state index >= 15 is 0 Å². The molecule has 7 rings (SSSR count). The van der Waals surface area contributed by atoms with Crippen LogP contribution in [0.3, 0.4) is 0 Å². The van der Waals surface area contributed by atoms with E-state index in [-0.39, 0.29) is 11.8 Å². The van der Waals surface area contributed by atoms with E-state index in [0.29, 0.717) is 18.0 Å². The molecule has 0 unspecified atom stereocenters. The molecule has 0 N–H and O–H groups in total. The van der Waals surface area contributed by atoms with Crippen molar-refractivity contribution in [2.24, 2.45) is 0 Å². The minimum absolute atomic E-state index is 0.167. The Morgan fingerprint density at radius 3 is 1.52 bits per heavy atom. The highest BCUT2D eigenvalue weighted by molar-refractivity contribution is 7.89. The summed E-state index contributed by atoms with van der Waals surface area (Å²) < 4.78 is 28.4. The minimum Gasteiger partial charge on any atom is -0.207 e. The second kappa shape index (κ2) is 5.91. The van der Waals surface area contributed by atoms with E-state index in [4.69, 9.17) is 0 Å². The molecule has 3 aromatic carbocycles. The highest BCUT2D eigenvalue weighted by atomic mass is 32.2. The van der Waals surface area contributed by atoms with Crippen molar-refractivity contribution in [1.82, 2.24) is 4.31 Å². The first kappa shape index (κ1) is 17.2. The zero-order valence-corrected chi connectivity index (χ0v) is 17.0. The molecule has 2 bridgehead atoms. The fraction of sp³-hybridized carbons (Fsp3) is 0.200. The number of hydrogen-bond donors (Lipinski definition) is 0. The maximum Gasteiger partial charge on any atom is 0.243 e. The minimum atomic E-state index is -3.52. The van der Waals surface area contributed by atoms with Crippen LogP contribution in [0.5, 0.6) is 0 Å². The molecule has 0 radical (unpaired) electrons. The Bertz CT molecular complexity index is 1180. The van der Waals surface area contributed by atoms with Gasteiger partial charge in [0.05, 0.1) is 4.90 Å². The van der Waals surface area contributed by atoms with Crippen LogP contribution in [0.15, 0.2) is 88.8 Å². The molecule has 3 aliphatic carbocycles. The maximum atomic E-state index is 13.4. The molecule has 0 saturated carbocycles. The summed E-state index contributed by atoms with van der Waals surface area (Å²) in [7, 11) is -3.52. The van der Waals surface area contributed by atoms with Gasteiger partial charge < -0.3 is 0 Å². The lowest BCUT2D eigenvalue weighted by Gasteiger charge is -2.41. The monoisotopic (exact) mass is 399 g/mol. The summed E-state index contributed by atoms with van der Waals surface area (Å²) in [6.07, 6.45) is 0. The average Bonchev–Trinajstić information content (AvgIpc) is 3.20. The van der Waals surface area contributed by atoms with Crippen LogP contribution in [0.4, 0.5) is 0 Å². The van der Waals surface area contributed by atoms with Crippen molar-refractivity contribution in [2.45, 2.75) is 23.7 Å². The zero-order valence-electron chi connectivity index (χ0n) is 16.2. The molecule has 4 heteroatoms. The number of aryl methyl sites for hydroxylation is 1. The number of hydrogen-bond acceptors (Lipinski definition) is 2. The lowest BCUT2D eigenvalue weighted by atomic mass is 9.62. The van der Waals surface area contributed by atoms with Gasteiger partial charge in [0.15, 0.2) is 0 Å². The maximum absolute atomic E-state index is 13.4. The Labute approximate surface area is 171 Å². The number of benzene rings is 3. The van der Waals surface area contributed by atoms with Gasteiger partial charge in [-0.3, -0.25) is 0 Å². The second-order valence-electron chi connectivity index (χ2n) is 8.26. The Morgan fingerprint density at radius 2 is 1.10 bits per heavy atom. The normalized spacial score (nSPS) is 22.4. The third-order valence-electron chi connectivity index (χ3n) is 6.70. The van der Waals surface area contributed by atoms with Gasteiger partial charge in [-0.2, -0.15) is 4.31 Å². The van der Waals surface area contributed by atoms with Gasteiger partial charge >= 0.3 is 0 Å². The first-order valence-electron chi connectivity index (χ1n) is 10.0. The van der Waals surface area contributed by atoms with Crippen LogP contribution in [0, 0.1) is 6.92 Å². The van der Waals surface area contributed by atoms with Crippen LogP contribution in [-0.4, -0.2) is 25.8 Å². The fourth-order valence-electron chi connectivity index (χ4n) is 5.38. The summed E-state index contributed by atoms with van der Waals surface area (Å²) in [4.78, 5) is 0.380. The molecular formula is C25H21NO2S. The summed E-state index contributed by atoms with van der Waals surface area (Å²) in [5, 5.41) is 0. The molecule has 1 heterocycles. The summed E-state index contributed by atoms with van der Waals surface area (Å²) in [6, 6.07) is 24.4. The smallest absolute Gasteiger partial charge is 0.207 e. The number of sulfonamides is 1. The van der Waals surface area contributed by atoms with E-state index in [1.807, 2.05) is 19.1 Å². The van der Waals surface area contributed by atoms with E-state index in [1.165, 1.54) is 33.4 Å². The molecule has 0 saturated heterocycles.